The number of rotatable bonds is 13. The molecule has 0 unspecified atom stereocenters. The van der Waals surface area contributed by atoms with E-state index in [1.165, 1.54) is 18.3 Å². The van der Waals surface area contributed by atoms with Crippen molar-refractivity contribution in [1.29, 1.82) is 0 Å². The minimum Gasteiger partial charge on any atom is -0.484 e. The van der Waals surface area contributed by atoms with E-state index >= 15 is 0 Å². The van der Waals surface area contributed by atoms with Gasteiger partial charge in [-0.05, 0) is 60.0 Å². The normalized spacial score (nSPS) is 12.1. The van der Waals surface area contributed by atoms with Crippen LogP contribution in [0.1, 0.15) is 29.7 Å². The maximum absolute atomic E-state index is 13.3. The summed E-state index contributed by atoms with van der Waals surface area (Å²) in [7, 11) is -3.93. The smallest absolute Gasteiger partial charge is 0.258 e. The summed E-state index contributed by atoms with van der Waals surface area (Å²) in [6.07, 6.45) is 1.43. The average Bonchev–Trinajstić information content (AvgIpc) is 3.01. The van der Waals surface area contributed by atoms with Gasteiger partial charge < -0.3 is 10.1 Å². The molecule has 0 fully saturated rings. The number of amides is 2. The van der Waals surface area contributed by atoms with Gasteiger partial charge in [-0.1, -0.05) is 78.9 Å². The van der Waals surface area contributed by atoms with Crippen LogP contribution in [0.5, 0.6) is 5.75 Å². The number of hydrogen-bond acceptors (Lipinski definition) is 6. The predicted molar refractivity (Wildman–Crippen MR) is 161 cm³/mol. The number of nitrogens with zero attached hydrogens (tertiary/aromatic N) is 2. The fraction of sp³-hybridized carbons (Fsp3) is 0.156. The molecule has 2 amide bonds. The van der Waals surface area contributed by atoms with Crippen LogP contribution in [-0.4, -0.2) is 43.9 Å². The van der Waals surface area contributed by atoms with Crippen molar-refractivity contribution >= 4 is 28.1 Å². The van der Waals surface area contributed by atoms with Gasteiger partial charge in [0.15, 0.2) is 6.61 Å². The summed E-state index contributed by atoms with van der Waals surface area (Å²) in [6.45, 7) is 1.39. The van der Waals surface area contributed by atoms with Crippen LogP contribution in [0, 0.1) is 0 Å². The summed E-state index contributed by atoms with van der Waals surface area (Å²) in [5.74, 6) is -0.325. The van der Waals surface area contributed by atoms with Gasteiger partial charge in [-0.15, -0.1) is 0 Å². The fourth-order valence-electron chi connectivity index (χ4n) is 4.04. The Balaban J connectivity index is 1.29. The first-order valence-corrected chi connectivity index (χ1v) is 14.7. The summed E-state index contributed by atoms with van der Waals surface area (Å²) < 4.78 is 33.3. The van der Waals surface area contributed by atoms with Crippen molar-refractivity contribution in [2.75, 3.05) is 13.2 Å². The summed E-state index contributed by atoms with van der Waals surface area (Å²) >= 11 is 0. The molecule has 0 saturated carbocycles. The zero-order chi connectivity index (χ0) is 29.8. The fourth-order valence-corrected chi connectivity index (χ4v) is 5.44. The third-order valence-corrected chi connectivity index (χ3v) is 8.04. The first kappa shape index (κ1) is 30.2. The molecule has 0 saturated heterocycles. The summed E-state index contributed by atoms with van der Waals surface area (Å²) in [5.41, 5.74) is 4.82. The van der Waals surface area contributed by atoms with Crippen molar-refractivity contribution in [3.63, 3.8) is 0 Å². The number of hydrazone groups is 1. The number of carbonyl (C=O) groups excluding carboxylic acids is 2. The van der Waals surface area contributed by atoms with Crippen molar-refractivity contribution in [2.45, 2.75) is 24.4 Å². The van der Waals surface area contributed by atoms with E-state index in [0.29, 0.717) is 11.3 Å². The van der Waals surface area contributed by atoms with E-state index in [2.05, 4.69) is 15.8 Å². The second-order valence-electron chi connectivity index (χ2n) is 9.42. The standard InChI is InChI=1S/C32H32N4O5S/c1-25(28-13-7-3-8-14-28)34-32(38)24-41-29-19-17-26(18-20-29)21-33-35-31(37)23-36(22-27-11-5-2-6-12-27)42(39,40)30-15-9-4-10-16-30/h2-21,25H,22-24H2,1H3,(H,34,38)(H,35,37)/b33-21-/t25-/m1/s1. The van der Waals surface area contributed by atoms with Crippen LogP contribution in [0.4, 0.5) is 0 Å². The molecule has 0 aliphatic carbocycles. The minimum absolute atomic E-state index is 0.0276. The lowest BCUT2D eigenvalue weighted by atomic mass is 10.1. The van der Waals surface area contributed by atoms with Crippen molar-refractivity contribution in [3.8, 4) is 5.75 Å². The average molecular weight is 585 g/mol. The first-order valence-electron chi connectivity index (χ1n) is 13.3. The lowest BCUT2D eigenvalue weighted by Crippen LogP contribution is -2.39. The summed E-state index contributed by atoms with van der Waals surface area (Å²) in [5, 5.41) is 6.87. The van der Waals surface area contributed by atoms with E-state index in [1.54, 1.807) is 54.6 Å². The molecule has 2 N–H and O–H groups in total. The van der Waals surface area contributed by atoms with Gasteiger partial charge in [-0.25, -0.2) is 13.8 Å². The highest BCUT2D eigenvalue weighted by molar-refractivity contribution is 7.89. The molecule has 0 radical (unpaired) electrons. The van der Waals surface area contributed by atoms with Crippen molar-refractivity contribution in [3.05, 3.63) is 132 Å². The van der Waals surface area contributed by atoms with Gasteiger partial charge in [0.1, 0.15) is 5.75 Å². The molecule has 10 heteroatoms. The van der Waals surface area contributed by atoms with Gasteiger partial charge in [-0.2, -0.15) is 9.41 Å². The van der Waals surface area contributed by atoms with Gasteiger partial charge in [0.05, 0.1) is 23.7 Å². The van der Waals surface area contributed by atoms with E-state index in [1.807, 2.05) is 55.5 Å². The molecule has 4 aromatic rings. The van der Waals surface area contributed by atoms with Gasteiger partial charge in [-0.3, -0.25) is 9.59 Å². The molecule has 216 valence electrons. The van der Waals surface area contributed by atoms with Crippen molar-refractivity contribution in [2.24, 2.45) is 5.10 Å². The molecule has 9 nitrogen and oxygen atoms in total. The van der Waals surface area contributed by atoms with E-state index in [4.69, 9.17) is 4.74 Å². The Morgan fingerprint density at radius 2 is 1.43 bits per heavy atom. The van der Waals surface area contributed by atoms with Crippen LogP contribution in [-0.2, 0) is 26.2 Å². The number of benzene rings is 4. The Hall–Kier alpha value is -4.80. The molecule has 42 heavy (non-hydrogen) atoms. The molecular weight excluding hydrogens is 552 g/mol. The third kappa shape index (κ3) is 8.85. The first-order chi connectivity index (χ1) is 20.3. The highest BCUT2D eigenvalue weighted by Gasteiger charge is 2.26. The quantitative estimate of drug-likeness (QED) is 0.180. The molecule has 0 aliphatic heterocycles. The van der Waals surface area contributed by atoms with Crippen LogP contribution in [0.3, 0.4) is 0 Å². The molecular formula is C32H32N4O5S. The largest absolute Gasteiger partial charge is 0.484 e. The highest BCUT2D eigenvalue weighted by atomic mass is 32.2. The van der Waals surface area contributed by atoms with Gasteiger partial charge >= 0.3 is 0 Å². The van der Waals surface area contributed by atoms with Crippen LogP contribution >= 0.6 is 0 Å². The van der Waals surface area contributed by atoms with Gasteiger partial charge in [0.25, 0.3) is 11.8 Å². The van der Waals surface area contributed by atoms with Crippen LogP contribution < -0.4 is 15.5 Å². The Morgan fingerprint density at radius 1 is 0.833 bits per heavy atom. The zero-order valence-electron chi connectivity index (χ0n) is 23.1. The van der Waals surface area contributed by atoms with E-state index < -0.39 is 22.5 Å². The highest BCUT2D eigenvalue weighted by Crippen LogP contribution is 2.18. The van der Waals surface area contributed by atoms with Crippen LogP contribution in [0.15, 0.2) is 125 Å². The Bertz CT molecular complexity index is 1580. The number of carbonyl (C=O) groups is 2. The van der Waals surface area contributed by atoms with E-state index in [0.717, 1.165) is 15.4 Å². The monoisotopic (exact) mass is 584 g/mol. The number of ether oxygens (including phenoxy) is 1. The molecule has 0 aliphatic rings. The van der Waals surface area contributed by atoms with Gasteiger partial charge in [0, 0.05) is 6.54 Å². The van der Waals surface area contributed by atoms with E-state index in [9.17, 15) is 18.0 Å². The number of hydrogen-bond donors (Lipinski definition) is 2. The zero-order valence-corrected chi connectivity index (χ0v) is 23.9. The van der Waals surface area contributed by atoms with Crippen LogP contribution in [0.25, 0.3) is 0 Å². The molecule has 0 aromatic heterocycles. The molecule has 0 spiro atoms. The van der Waals surface area contributed by atoms with Gasteiger partial charge in [0.2, 0.25) is 10.0 Å². The van der Waals surface area contributed by atoms with Crippen molar-refractivity contribution in [1.82, 2.24) is 15.0 Å². The SMILES string of the molecule is C[C@@H](NC(=O)COc1ccc(/C=N\NC(=O)CN(Cc2ccccc2)S(=O)(=O)c2ccccc2)cc1)c1ccccc1. The minimum atomic E-state index is -3.93. The Kier molecular flexibility index (Phi) is 10.6. The molecule has 0 heterocycles. The topological polar surface area (TPSA) is 117 Å². The predicted octanol–water partition coefficient (Wildman–Crippen LogP) is 4.28. The van der Waals surface area contributed by atoms with Crippen molar-refractivity contribution < 1.29 is 22.7 Å². The third-order valence-electron chi connectivity index (χ3n) is 6.23. The second kappa shape index (κ2) is 14.7. The lowest BCUT2D eigenvalue weighted by Gasteiger charge is -2.21. The molecule has 1 atom stereocenters. The number of nitrogens with one attached hydrogen (secondary N) is 2. The summed E-state index contributed by atoms with van der Waals surface area (Å²) in [6, 6.07) is 33.4. The maximum atomic E-state index is 13.3. The Labute approximate surface area is 245 Å². The van der Waals surface area contributed by atoms with Crippen LogP contribution in [0.2, 0.25) is 0 Å². The second-order valence-corrected chi connectivity index (χ2v) is 11.4. The lowest BCUT2D eigenvalue weighted by molar-refractivity contribution is -0.124. The molecule has 4 rings (SSSR count). The number of sulfonamides is 1. The molecule has 4 aromatic carbocycles. The summed E-state index contributed by atoms with van der Waals surface area (Å²) in [4.78, 5) is 25.0. The maximum Gasteiger partial charge on any atom is 0.258 e. The Morgan fingerprint density at radius 3 is 2.07 bits per heavy atom. The molecule has 0 bridgehead atoms. The van der Waals surface area contributed by atoms with E-state index in [-0.39, 0.29) is 30.0 Å².